The molecule has 1 aromatic carbocycles. The van der Waals surface area contributed by atoms with Gasteiger partial charge in [-0.3, -0.25) is 14.5 Å². The van der Waals surface area contributed by atoms with E-state index in [1.807, 2.05) is 11.9 Å². The summed E-state index contributed by atoms with van der Waals surface area (Å²) in [6, 6.07) is 4.93. The highest BCUT2D eigenvalue weighted by molar-refractivity contribution is 6.31. The maximum absolute atomic E-state index is 11.8. The number of rotatable bonds is 7. The summed E-state index contributed by atoms with van der Waals surface area (Å²) in [6.45, 7) is 0.977. The van der Waals surface area contributed by atoms with E-state index in [1.54, 1.807) is 25.2 Å². The normalized spacial score (nSPS) is 10.5. The highest BCUT2D eigenvalue weighted by atomic mass is 35.5. The van der Waals surface area contributed by atoms with Crippen molar-refractivity contribution in [1.29, 1.82) is 0 Å². The van der Waals surface area contributed by atoms with Crippen LogP contribution in [0.5, 0.6) is 0 Å². The molecule has 0 fully saturated rings. The van der Waals surface area contributed by atoms with Gasteiger partial charge in [-0.05, 0) is 38.2 Å². The molecule has 1 aromatic rings. The third-order valence-electron chi connectivity index (χ3n) is 2.93. The van der Waals surface area contributed by atoms with E-state index in [0.29, 0.717) is 42.3 Å². The number of hydrogen-bond acceptors (Lipinski definition) is 4. The molecular weight excluding hydrogens is 292 g/mol. The van der Waals surface area contributed by atoms with Crippen molar-refractivity contribution < 1.29 is 9.59 Å². The summed E-state index contributed by atoms with van der Waals surface area (Å²) in [6.07, 6.45) is 1.00. The highest BCUT2D eigenvalue weighted by Gasteiger charge is 2.08. The number of hydrogen-bond donors (Lipinski definition) is 3. The van der Waals surface area contributed by atoms with E-state index in [1.165, 1.54) is 0 Å². The average molecular weight is 313 g/mol. The van der Waals surface area contributed by atoms with Gasteiger partial charge in [0.1, 0.15) is 0 Å². The Balaban J connectivity index is 2.34. The summed E-state index contributed by atoms with van der Waals surface area (Å²) in [5.74, 6) is -0.175. The van der Waals surface area contributed by atoms with Crippen LogP contribution in [0.15, 0.2) is 18.2 Å². The summed E-state index contributed by atoms with van der Waals surface area (Å²) >= 11 is 5.86. The van der Waals surface area contributed by atoms with Crippen molar-refractivity contribution in [3.05, 3.63) is 23.2 Å². The van der Waals surface area contributed by atoms with Gasteiger partial charge in [-0.1, -0.05) is 11.6 Å². The number of carbonyl (C=O) groups is 2. The fraction of sp³-hybridized carbons (Fsp3) is 0.429. The molecule has 6 nitrogen and oxygen atoms in total. The Morgan fingerprint density at radius 3 is 2.71 bits per heavy atom. The summed E-state index contributed by atoms with van der Waals surface area (Å²) in [4.78, 5) is 24.9. The lowest BCUT2D eigenvalue weighted by Crippen LogP contribution is -2.33. The minimum atomic E-state index is -0.127. The predicted molar refractivity (Wildman–Crippen MR) is 85.3 cm³/mol. The van der Waals surface area contributed by atoms with E-state index in [4.69, 9.17) is 17.3 Å². The minimum Gasteiger partial charge on any atom is -0.397 e. The molecule has 0 aliphatic carbocycles. The van der Waals surface area contributed by atoms with E-state index in [2.05, 4.69) is 10.6 Å². The molecule has 4 N–H and O–H groups in total. The Bertz CT molecular complexity index is 508. The standard InChI is InChI=1S/C14H21ClN4O2/c1-17-14(21)9-19(2)7-3-4-13(20)18-12-8-10(15)5-6-11(12)16/h5-6,8H,3-4,7,9,16H2,1-2H3,(H,17,21)(H,18,20). The number of likely N-dealkylation sites (N-methyl/N-ethyl adjacent to an activating group) is 2. The van der Waals surface area contributed by atoms with Crippen LogP contribution in [-0.4, -0.2) is 43.9 Å². The lowest BCUT2D eigenvalue weighted by atomic mass is 10.2. The van der Waals surface area contributed by atoms with Gasteiger partial charge in [0.25, 0.3) is 0 Å². The molecule has 21 heavy (non-hydrogen) atoms. The van der Waals surface area contributed by atoms with E-state index >= 15 is 0 Å². The van der Waals surface area contributed by atoms with Crippen LogP contribution in [0, 0.1) is 0 Å². The lowest BCUT2D eigenvalue weighted by Gasteiger charge is -2.15. The van der Waals surface area contributed by atoms with Crippen molar-refractivity contribution in [3.63, 3.8) is 0 Å². The van der Waals surface area contributed by atoms with Gasteiger partial charge in [-0.15, -0.1) is 0 Å². The van der Waals surface area contributed by atoms with Crippen LogP contribution in [0.25, 0.3) is 0 Å². The van der Waals surface area contributed by atoms with Crippen LogP contribution in [0.3, 0.4) is 0 Å². The number of nitrogens with two attached hydrogens (primary N) is 1. The smallest absolute Gasteiger partial charge is 0.233 e. The maximum atomic E-state index is 11.8. The SMILES string of the molecule is CNC(=O)CN(C)CCCC(=O)Nc1cc(Cl)ccc1N. The molecule has 2 amide bonds. The Morgan fingerprint density at radius 1 is 1.33 bits per heavy atom. The van der Waals surface area contributed by atoms with Gasteiger partial charge in [0.2, 0.25) is 11.8 Å². The Labute approximate surface area is 129 Å². The third-order valence-corrected chi connectivity index (χ3v) is 3.16. The topological polar surface area (TPSA) is 87.5 Å². The summed E-state index contributed by atoms with van der Waals surface area (Å²) < 4.78 is 0. The third kappa shape index (κ3) is 6.46. The van der Waals surface area contributed by atoms with Crippen molar-refractivity contribution in [3.8, 4) is 0 Å². The maximum Gasteiger partial charge on any atom is 0.233 e. The molecule has 0 aliphatic heterocycles. The van der Waals surface area contributed by atoms with Crippen molar-refractivity contribution in [1.82, 2.24) is 10.2 Å². The number of halogens is 1. The van der Waals surface area contributed by atoms with Gasteiger partial charge in [0, 0.05) is 18.5 Å². The van der Waals surface area contributed by atoms with Crippen LogP contribution in [-0.2, 0) is 9.59 Å². The number of amides is 2. The van der Waals surface area contributed by atoms with Gasteiger partial charge < -0.3 is 16.4 Å². The molecule has 0 unspecified atom stereocenters. The molecule has 0 heterocycles. The first-order chi connectivity index (χ1) is 9.92. The van der Waals surface area contributed by atoms with Gasteiger partial charge in [-0.25, -0.2) is 0 Å². The monoisotopic (exact) mass is 312 g/mol. The summed E-state index contributed by atoms with van der Waals surface area (Å²) in [5.41, 5.74) is 6.75. The highest BCUT2D eigenvalue weighted by Crippen LogP contribution is 2.23. The molecule has 0 bridgehead atoms. The zero-order valence-corrected chi connectivity index (χ0v) is 13.0. The number of nitrogens with one attached hydrogen (secondary N) is 2. The average Bonchev–Trinajstić information content (AvgIpc) is 2.42. The molecule has 0 atom stereocenters. The van der Waals surface area contributed by atoms with Crippen molar-refractivity contribution in [2.24, 2.45) is 0 Å². The molecule has 0 spiro atoms. The Hall–Kier alpha value is -1.79. The summed E-state index contributed by atoms with van der Waals surface area (Å²) in [5, 5.41) is 5.80. The fourth-order valence-electron chi connectivity index (χ4n) is 1.76. The van der Waals surface area contributed by atoms with Crippen molar-refractivity contribution in [2.45, 2.75) is 12.8 Å². The number of anilines is 2. The molecule has 0 saturated heterocycles. The predicted octanol–water partition coefficient (Wildman–Crippen LogP) is 1.32. The van der Waals surface area contributed by atoms with Gasteiger partial charge in [0.05, 0.1) is 17.9 Å². The van der Waals surface area contributed by atoms with Crippen LogP contribution >= 0.6 is 11.6 Å². The van der Waals surface area contributed by atoms with Crippen molar-refractivity contribution in [2.75, 3.05) is 38.2 Å². The second-order valence-corrected chi connectivity index (χ2v) is 5.23. The number of nitrogen functional groups attached to an aromatic ring is 1. The molecule has 0 radical (unpaired) electrons. The van der Waals surface area contributed by atoms with Gasteiger partial charge in [0.15, 0.2) is 0 Å². The minimum absolute atomic E-state index is 0.0475. The van der Waals surface area contributed by atoms with Gasteiger partial charge in [-0.2, -0.15) is 0 Å². The molecule has 7 heteroatoms. The first kappa shape index (κ1) is 17.3. The molecule has 0 saturated carbocycles. The Morgan fingerprint density at radius 2 is 2.05 bits per heavy atom. The first-order valence-electron chi connectivity index (χ1n) is 6.66. The van der Waals surface area contributed by atoms with Gasteiger partial charge >= 0.3 is 0 Å². The molecule has 0 aromatic heterocycles. The first-order valence-corrected chi connectivity index (χ1v) is 7.04. The zero-order chi connectivity index (χ0) is 15.8. The van der Waals surface area contributed by atoms with E-state index < -0.39 is 0 Å². The van der Waals surface area contributed by atoms with Crippen molar-refractivity contribution >= 4 is 34.8 Å². The molecule has 116 valence electrons. The second-order valence-electron chi connectivity index (χ2n) is 4.79. The van der Waals surface area contributed by atoms with Crippen LogP contribution in [0.4, 0.5) is 11.4 Å². The number of carbonyl (C=O) groups excluding carboxylic acids is 2. The van der Waals surface area contributed by atoms with E-state index in [-0.39, 0.29) is 11.8 Å². The van der Waals surface area contributed by atoms with Crippen LogP contribution < -0.4 is 16.4 Å². The molecule has 0 aliphatic rings. The Kier molecular flexibility index (Phi) is 6.98. The largest absolute Gasteiger partial charge is 0.397 e. The van der Waals surface area contributed by atoms with E-state index in [9.17, 15) is 9.59 Å². The molecular formula is C14H21ClN4O2. The fourth-order valence-corrected chi connectivity index (χ4v) is 1.93. The van der Waals surface area contributed by atoms with E-state index in [0.717, 1.165) is 0 Å². The lowest BCUT2D eigenvalue weighted by molar-refractivity contribution is -0.121. The zero-order valence-electron chi connectivity index (χ0n) is 12.3. The second kappa shape index (κ2) is 8.49. The van der Waals surface area contributed by atoms with Crippen LogP contribution in [0.1, 0.15) is 12.8 Å². The van der Waals surface area contributed by atoms with Crippen LogP contribution in [0.2, 0.25) is 5.02 Å². The summed E-state index contributed by atoms with van der Waals surface area (Å²) in [7, 11) is 3.43. The quantitative estimate of drug-likeness (QED) is 0.663. The molecule has 1 rings (SSSR count). The number of benzene rings is 1. The number of nitrogens with zero attached hydrogens (tertiary/aromatic N) is 1.